The predicted octanol–water partition coefficient (Wildman–Crippen LogP) is 2.41. The second-order valence-electron chi connectivity index (χ2n) is 5.60. The normalized spacial score (nSPS) is 10.8. The molecule has 2 heterocycles. The molecule has 0 radical (unpaired) electrons. The van der Waals surface area contributed by atoms with E-state index in [2.05, 4.69) is 38.6 Å². The van der Waals surface area contributed by atoms with Gasteiger partial charge in [-0.05, 0) is 32.4 Å². The van der Waals surface area contributed by atoms with Gasteiger partial charge in [-0.1, -0.05) is 17.7 Å². The monoisotopic (exact) mass is 343 g/mol. The van der Waals surface area contributed by atoms with Crippen molar-refractivity contribution < 1.29 is 4.79 Å². The molecule has 0 unspecified atom stereocenters. The third-order valence-electron chi connectivity index (χ3n) is 3.65. The number of aromatic nitrogens is 4. The first-order valence-electron chi connectivity index (χ1n) is 7.35. The number of anilines is 1. The number of rotatable bonds is 3. The molecule has 1 amide bonds. The molecule has 0 saturated carbocycles. The van der Waals surface area contributed by atoms with Crippen molar-refractivity contribution in [1.29, 1.82) is 0 Å². The Kier molecular flexibility index (Phi) is 4.06. The molecule has 0 bridgehead atoms. The van der Waals surface area contributed by atoms with Crippen molar-refractivity contribution in [2.45, 2.75) is 20.8 Å². The highest BCUT2D eigenvalue weighted by molar-refractivity contribution is 7.16. The average Bonchev–Trinajstić information content (AvgIpc) is 3.05. The molecular weight excluding hydrogens is 326 g/mol. The van der Waals surface area contributed by atoms with Crippen LogP contribution in [-0.2, 0) is 7.05 Å². The van der Waals surface area contributed by atoms with Gasteiger partial charge in [-0.25, -0.2) is 14.5 Å². The summed E-state index contributed by atoms with van der Waals surface area (Å²) in [6.07, 6.45) is 0. The van der Waals surface area contributed by atoms with Gasteiger partial charge < -0.3 is 0 Å². The first kappa shape index (κ1) is 16.1. The quantitative estimate of drug-likeness (QED) is 0.764. The minimum atomic E-state index is -0.492. The molecule has 2 N–H and O–H groups in total. The topological polar surface area (TPSA) is 92.7 Å². The summed E-state index contributed by atoms with van der Waals surface area (Å²) < 4.78 is 1.07. The zero-order chi connectivity index (χ0) is 17.4. The maximum Gasteiger partial charge on any atom is 0.343 e. The number of carbonyl (C=O) groups is 1. The molecule has 1 aromatic carbocycles. The SMILES string of the molecule is Cc1ccc(C)c(-c2nc(NC(=O)c3nn(C)c(=O)[nH]3)sc2C)c1. The summed E-state index contributed by atoms with van der Waals surface area (Å²) in [6.45, 7) is 6.03. The van der Waals surface area contributed by atoms with Gasteiger partial charge in [-0.15, -0.1) is 16.4 Å². The Morgan fingerprint density at radius 2 is 2.04 bits per heavy atom. The zero-order valence-electron chi connectivity index (χ0n) is 13.8. The maximum absolute atomic E-state index is 12.2. The summed E-state index contributed by atoms with van der Waals surface area (Å²) in [5.74, 6) is -0.530. The molecule has 0 aliphatic heterocycles. The van der Waals surface area contributed by atoms with E-state index in [-0.39, 0.29) is 5.82 Å². The maximum atomic E-state index is 12.2. The first-order valence-corrected chi connectivity index (χ1v) is 8.16. The smallest absolute Gasteiger partial charge is 0.295 e. The molecule has 0 aliphatic carbocycles. The number of H-pyrrole nitrogens is 1. The minimum absolute atomic E-state index is 0.0383. The van der Waals surface area contributed by atoms with Crippen LogP contribution >= 0.6 is 11.3 Å². The number of benzene rings is 1. The third-order valence-corrected chi connectivity index (χ3v) is 4.54. The molecule has 0 spiro atoms. The summed E-state index contributed by atoms with van der Waals surface area (Å²) in [6, 6.07) is 6.19. The highest BCUT2D eigenvalue weighted by Crippen LogP contribution is 2.32. The number of aryl methyl sites for hydroxylation is 4. The number of hydrogen-bond donors (Lipinski definition) is 2. The fraction of sp³-hybridized carbons (Fsp3) is 0.250. The van der Waals surface area contributed by atoms with Crippen LogP contribution in [0.15, 0.2) is 23.0 Å². The molecule has 24 heavy (non-hydrogen) atoms. The van der Waals surface area contributed by atoms with Crippen molar-refractivity contribution in [3.05, 3.63) is 50.5 Å². The molecule has 7 nitrogen and oxygen atoms in total. The molecule has 3 rings (SSSR count). The van der Waals surface area contributed by atoms with Crippen LogP contribution in [0.25, 0.3) is 11.3 Å². The molecule has 0 aliphatic rings. The third kappa shape index (κ3) is 3.00. The molecule has 0 fully saturated rings. The van der Waals surface area contributed by atoms with E-state index in [1.54, 1.807) is 0 Å². The van der Waals surface area contributed by atoms with Crippen LogP contribution in [0.5, 0.6) is 0 Å². The largest absolute Gasteiger partial charge is 0.343 e. The Morgan fingerprint density at radius 3 is 2.71 bits per heavy atom. The Bertz CT molecular complexity index is 983. The van der Waals surface area contributed by atoms with Gasteiger partial charge in [0.1, 0.15) is 0 Å². The van der Waals surface area contributed by atoms with Crippen LogP contribution in [0.1, 0.15) is 26.6 Å². The Hall–Kier alpha value is -2.74. The van der Waals surface area contributed by atoms with Crippen molar-refractivity contribution in [1.82, 2.24) is 19.7 Å². The molecule has 124 valence electrons. The fourth-order valence-corrected chi connectivity index (χ4v) is 3.17. The van der Waals surface area contributed by atoms with Crippen molar-refractivity contribution in [2.75, 3.05) is 5.32 Å². The van der Waals surface area contributed by atoms with Gasteiger partial charge >= 0.3 is 5.69 Å². The molecule has 2 aromatic heterocycles. The average molecular weight is 343 g/mol. The highest BCUT2D eigenvalue weighted by Gasteiger charge is 2.17. The summed E-state index contributed by atoms with van der Waals surface area (Å²) in [7, 11) is 1.47. The fourth-order valence-electron chi connectivity index (χ4n) is 2.35. The van der Waals surface area contributed by atoms with Gasteiger partial charge in [0.25, 0.3) is 5.91 Å². The summed E-state index contributed by atoms with van der Waals surface area (Å²) in [5.41, 5.74) is 3.74. The van der Waals surface area contributed by atoms with E-state index in [1.807, 2.05) is 20.8 Å². The van der Waals surface area contributed by atoms with E-state index < -0.39 is 11.6 Å². The van der Waals surface area contributed by atoms with Gasteiger partial charge in [0.2, 0.25) is 5.82 Å². The zero-order valence-corrected chi connectivity index (χ0v) is 14.6. The lowest BCUT2D eigenvalue weighted by molar-refractivity contribution is 0.101. The van der Waals surface area contributed by atoms with Crippen LogP contribution in [0, 0.1) is 20.8 Å². The van der Waals surface area contributed by atoms with E-state index >= 15 is 0 Å². The van der Waals surface area contributed by atoms with Gasteiger partial charge in [-0.2, -0.15) is 0 Å². The van der Waals surface area contributed by atoms with Crippen LogP contribution in [0.3, 0.4) is 0 Å². The lowest BCUT2D eigenvalue weighted by Crippen LogP contribution is -2.14. The Labute approximate surface area is 142 Å². The predicted molar refractivity (Wildman–Crippen MR) is 93.5 cm³/mol. The van der Waals surface area contributed by atoms with Crippen molar-refractivity contribution in [3.8, 4) is 11.3 Å². The van der Waals surface area contributed by atoms with Gasteiger partial charge in [0.05, 0.1) is 5.69 Å². The minimum Gasteiger partial charge on any atom is -0.295 e. The van der Waals surface area contributed by atoms with E-state index in [9.17, 15) is 9.59 Å². The Morgan fingerprint density at radius 1 is 1.29 bits per heavy atom. The summed E-state index contributed by atoms with van der Waals surface area (Å²) in [5, 5.41) is 6.99. The molecule has 3 aromatic rings. The number of hydrogen-bond acceptors (Lipinski definition) is 5. The molecule has 0 atom stereocenters. The van der Waals surface area contributed by atoms with Crippen molar-refractivity contribution in [3.63, 3.8) is 0 Å². The lowest BCUT2D eigenvalue weighted by Gasteiger charge is -2.05. The molecule has 8 heteroatoms. The van der Waals surface area contributed by atoms with Crippen molar-refractivity contribution >= 4 is 22.4 Å². The van der Waals surface area contributed by atoms with E-state index in [1.165, 1.54) is 18.4 Å². The van der Waals surface area contributed by atoms with Gasteiger partial charge in [-0.3, -0.25) is 15.1 Å². The number of aromatic amines is 1. The number of nitrogens with one attached hydrogen (secondary N) is 2. The van der Waals surface area contributed by atoms with Crippen molar-refractivity contribution in [2.24, 2.45) is 7.05 Å². The summed E-state index contributed by atoms with van der Waals surface area (Å²) in [4.78, 5) is 31.5. The first-order chi connectivity index (χ1) is 11.3. The number of thiazole rings is 1. The lowest BCUT2D eigenvalue weighted by atomic mass is 10.0. The Balaban J connectivity index is 1.90. The second-order valence-corrected chi connectivity index (χ2v) is 6.80. The van der Waals surface area contributed by atoms with Crippen LogP contribution in [0.4, 0.5) is 5.13 Å². The second kappa shape index (κ2) is 6.04. The van der Waals surface area contributed by atoms with E-state index in [4.69, 9.17) is 0 Å². The van der Waals surface area contributed by atoms with Crippen LogP contribution in [0.2, 0.25) is 0 Å². The van der Waals surface area contributed by atoms with Crippen LogP contribution < -0.4 is 11.0 Å². The number of nitrogens with zero attached hydrogens (tertiary/aromatic N) is 3. The standard InChI is InChI=1S/C16H17N5O2S/c1-8-5-6-9(2)11(7-8)12-10(3)24-15(17-12)19-14(22)13-18-16(23)21(4)20-13/h5-7H,1-4H3,(H,17,19,22)(H,18,20,23). The molecule has 0 saturated heterocycles. The van der Waals surface area contributed by atoms with E-state index in [0.29, 0.717) is 5.13 Å². The van der Waals surface area contributed by atoms with Crippen LogP contribution in [-0.4, -0.2) is 25.7 Å². The van der Waals surface area contributed by atoms with Gasteiger partial charge in [0.15, 0.2) is 5.13 Å². The number of amides is 1. The summed E-state index contributed by atoms with van der Waals surface area (Å²) >= 11 is 1.39. The number of carbonyl (C=O) groups excluding carboxylic acids is 1. The van der Waals surface area contributed by atoms with Gasteiger partial charge in [0, 0.05) is 17.5 Å². The highest BCUT2D eigenvalue weighted by atomic mass is 32.1. The molecular formula is C16H17N5O2S. The van der Waals surface area contributed by atoms with E-state index in [0.717, 1.165) is 31.9 Å².